The van der Waals surface area contributed by atoms with Crippen LogP contribution < -0.4 is 15.1 Å². The van der Waals surface area contributed by atoms with Gasteiger partial charge in [-0.1, -0.05) is 54.6 Å². The van der Waals surface area contributed by atoms with E-state index >= 15 is 0 Å². The number of carbonyl (C=O) groups excluding carboxylic acids is 1. The Morgan fingerprint density at radius 2 is 1.50 bits per heavy atom. The van der Waals surface area contributed by atoms with Gasteiger partial charge in [-0.05, 0) is 23.8 Å². The van der Waals surface area contributed by atoms with Crippen molar-refractivity contribution >= 4 is 17.7 Å². The number of hydrogen-bond acceptors (Lipinski definition) is 1. The highest BCUT2D eigenvalue weighted by Gasteiger charge is 2.22. The zero-order chi connectivity index (χ0) is 18.0. The normalized spacial score (nSPS) is 20.2. The molecule has 2 aromatic rings. The monoisotopic (exact) mass is 351 g/mol. The van der Waals surface area contributed by atoms with Crippen molar-refractivity contribution in [3.63, 3.8) is 0 Å². The average Bonchev–Trinajstić information content (AvgIpc) is 2.69. The molecule has 3 rings (SSSR count). The fraction of sp³-hybridized carbons (Fsp3) is 0.318. The standard InChI is InChI=1S/C22H27N3O/c26-22(23-21-11-5-2-6-12-21)13-15-25-18-16-24(17-19-25)14-7-10-20-8-3-1-4-9-20/h1-12H,13-19H2,(H,23,26)/p+2. The molecule has 2 aromatic carbocycles. The zero-order valence-electron chi connectivity index (χ0n) is 15.3. The van der Waals surface area contributed by atoms with Gasteiger partial charge in [0, 0.05) is 5.69 Å². The van der Waals surface area contributed by atoms with Crippen LogP contribution in [0.2, 0.25) is 0 Å². The average molecular weight is 351 g/mol. The van der Waals surface area contributed by atoms with Crippen LogP contribution in [0, 0.1) is 0 Å². The van der Waals surface area contributed by atoms with Gasteiger partial charge in [0.25, 0.3) is 0 Å². The molecule has 0 bridgehead atoms. The summed E-state index contributed by atoms with van der Waals surface area (Å²) in [6.07, 6.45) is 5.08. The highest BCUT2D eigenvalue weighted by molar-refractivity contribution is 5.90. The van der Waals surface area contributed by atoms with Crippen LogP contribution in [0.3, 0.4) is 0 Å². The smallest absolute Gasteiger partial charge is 0.230 e. The number of hydrogen-bond donors (Lipinski definition) is 3. The Labute approximate surface area is 156 Å². The molecule has 1 aliphatic rings. The summed E-state index contributed by atoms with van der Waals surface area (Å²) in [5.74, 6) is 0.115. The quantitative estimate of drug-likeness (QED) is 0.668. The summed E-state index contributed by atoms with van der Waals surface area (Å²) in [6, 6.07) is 20.1. The van der Waals surface area contributed by atoms with E-state index in [1.54, 1.807) is 9.80 Å². The molecule has 0 atom stereocenters. The number of para-hydroxylation sites is 1. The maximum absolute atomic E-state index is 12.1. The molecule has 1 heterocycles. The second-order valence-corrected chi connectivity index (χ2v) is 6.93. The summed E-state index contributed by atoms with van der Waals surface area (Å²) in [6.45, 7) is 6.65. The van der Waals surface area contributed by atoms with Gasteiger partial charge in [0.2, 0.25) is 5.91 Å². The predicted octanol–water partition coefficient (Wildman–Crippen LogP) is 0.512. The molecule has 0 saturated carbocycles. The highest BCUT2D eigenvalue weighted by Crippen LogP contribution is 2.04. The lowest BCUT2D eigenvalue weighted by atomic mass is 10.2. The first kappa shape index (κ1) is 18.4. The van der Waals surface area contributed by atoms with Crippen LogP contribution in [-0.2, 0) is 4.79 Å². The number of amides is 1. The maximum Gasteiger partial charge on any atom is 0.230 e. The van der Waals surface area contributed by atoms with Crippen molar-refractivity contribution in [3.8, 4) is 0 Å². The molecule has 1 saturated heterocycles. The third-order valence-corrected chi connectivity index (χ3v) is 4.94. The number of nitrogens with one attached hydrogen (secondary N) is 3. The molecule has 0 unspecified atom stereocenters. The Bertz CT molecular complexity index is 692. The van der Waals surface area contributed by atoms with E-state index in [0.29, 0.717) is 6.42 Å². The second-order valence-electron chi connectivity index (χ2n) is 6.93. The highest BCUT2D eigenvalue weighted by atomic mass is 16.1. The predicted molar refractivity (Wildman–Crippen MR) is 106 cm³/mol. The number of piperazine rings is 1. The number of anilines is 1. The van der Waals surface area contributed by atoms with Crippen molar-refractivity contribution in [2.24, 2.45) is 0 Å². The third kappa shape index (κ3) is 6.14. The maximum atomic E-state index is 12.1. The van der Waals surface area contributed by atoms with Crippen molar-refractivity contribution < 1.29 is 14.6 Å². The first-order chi connectivity index (χ1) is 12.8. The molecule has 0 radical (unpaired) electrons. The first-order valence-electron chi connectivity index (χ1n) is 9.53. The topological polar surface area (TPSA) is 38.0 Å². The second kappa shape index (κ2) is 9.90. The molecule has 0 aliphatic carbocycles. The molecule has 1 aliphatic heterocycles. The van der Waals surface area contributed by atoms with Gasteiger partial charge < -0.3 is 15.1 Å². The summed E-state index contributed by atoms with van der Waals surface area (Å²) in [5.41, 5.74) is 2.15. The lowest BCUT2D eigenvalue weighted by molar-refractivity contribution is -1.01. The Hall–Kier alpha value is -2.43. The van der Waals surface area contributed by atoms with Crippen LogP contribution in [0.4, 0.5) is 5.69 Å². The van der Waals surface area contributed by atoms with Gasteiger partial charge in [0.05, 0.1) is 19.5 Å². The van der Waals surface area contributed by atoms with E-state index in [4.69, 9.17) is 0 Å². The molecule has 0 aromatic heterocycles. The summed E-state index contributed by atoms with van der Waals surface area (Å²) < 4.78 is 0. The van der Waals surface area contributed by atoms with Gasteiger partial charge >= 0.3 is 0 Å². The van der Waals surface area contributed by atoms with Crippen molar-refractivity contribution in [1.82, 2.24) is 0 Å². The van der Waals surface area contributed by atoms with Gasteiger partial charge in [-0.15, -0.1) is 0 Å². The lowest BCUT2D eigenvalue weighted by Crippen LogP contribution is -3.28. The van der Waals surface area contributed by atoms with E-state index in [2.05, 4.69) is 41.7 Å². The number of quaternary nitrogens is 2. The Morgan fingerprint density at radius 3 is 2.19 bits per heavy atom. The summed E-state index contributed by atoms with van der Waals surface area (Å²) >= 11 is 0. The SMILES string of the molecule is O=C(CC[NH+]1CC[NH+](CC=Cc2ccccc2)CC1)Nc1ccccc1. The fourth-order valence-electron chi connectivity index (χ4n) is 3.37. The van der Waals surface area contributed by atoms with Crippen molar-refractivity contribution in [3.05, 3.63) is 72.3 Å². The van der Waals surface area contributed by atoms with Crippen molar-refractivity contribution in [1.29, 1.82) is 0 Å². The van der Waals surface area contributed by atoms with Gasteiger partial charge in [-0.25, -0.2) is 0 Å². The van der Waals surface area contributed by atoms with Crippen LogP contribution >= 0.6 is 0 Å². The third-order valence-electron chi connectivity index (χ3n) is 4.94. The number of benzene rings is 2. The largest absolute Gasteiger partial charge is 0.326 e. The Balaban J connectivity index is 1.32. The van der Waals surface area contributed by atoms with Gasteiger partial charge in [-0.2, -0.15) is 0 Å². The Morgan fingerprint density at radius 1 is 0.885 bits per heavy atom. The van der Waals surface area contributed by atoms with Crippen LogP contribution in [0.15, 0.2) is 66.7 Å². The minimum Gasteiger partial charge on any atom is -0.326 e. The molecular weight excluding hydrogens is 322 g/mol. The van der Waals surface area contributed by atoms with Gasteiger partial charge in [-0.3, -0.25) is 4.79 Å². The van der Waals surface area contributed by atoms with E-state index in [1.165, 1.54) is 18.7 Å². The fourth-order valence-corrected chi connectivity index (χ4v) is 3.37. The van der Waals surface area contributed by atoms with Gasteiger partial charge in [0.1, 0.15) is 26.2 Å². The molecule has 136 valence electrons. The van der Waals surface area contributed by atoms with Crippen LogP contribution in [0.5, 0.6) is 0 Å². The number of carbonyl (C=O) groups is 1. The zero-order valence-corrected chi connectivity index (χ0v) is 15.3. The summed E-state index contributed by atoms with van der Waals surface area (Å²) in [5, 5.41) is 2.97. The number of rotatable bonds is 7. The minimum absolute atomic E-state index is 0.115. The van der Waals surface area contributed by atoms with E-state index in [9.17, 15) is 4.79 Å². The molecule has 3 N–H and O–H groups in total. The van der Waals surface area contributed by atoms with Crippen LogP contribution in [0.25, 0.3) is 6.08 Å². The summed E-state index contributed by atoms with van der Waals surface area (Å²) in [7, 11) is 0. The van der Waals surface area contributed by atoms with E-state index in [-0.39, 0.29) is 5.91 Å². The van der Waals surface area contributed by atoms with Crippen LogP contribution in [0.1, 0.15) is 12.0 Å². The molecule has 4 heteroatoms. The van der Waals surface area contributed by atoms with Crippen LogP contribution in [-0.4, -0.2) is 45.2 Å². The van der Waals surface area contributed by atoms with E-state index in [1.807, 2.05) is 36.4 Å². The minimum atomic E-state index is 0.115. The molecular formula is C22H29N3O+2. The molecule has 1 amide bonds. The van der Waals surface area contributed by atoms with Crippen molar-refractivity contribution in [2.45, 2.75) is 6.42 Å². The van der Waals surface area contributed by atoms with E-state index in [0.717, 1.165) is 31.9 Å². The molecule has 1 fully saturated rings. The first-order valence-corrected chi connectivity index (χ1v) is 9.53. The molecule has 4 nitrogen and oxygen atoms in total. The van der Waals surface area contributed by atoms with Crippen molar-refractivity contribution in [2.75, 3.05) is 44.6 Å². The molecule has 0 spiro atoms. The van der Waals surface area contributed by atoms with Gasteiger partial charge in [0.15, 0.2) is 0 Å². The Kier molecular flexibility index (Phi) is 6.99. The lowest BCUT2D eigenvalue weighted by Gasteiger charge is -2.29. The van der Waals surface area contributed by atoms with E-state index < -0.39 is 0 Å². The molecule has 26 heavy (non-hydrogen) atoms. The summed E-state index contributed by atoms with van der Waals surface area (Å²) in [4.78, 5) is 15.2.